The minimum atomic E-state index is -0.0904. The molecule has 0 fully saturated rings. The Balaban J connectivity index is 2.76. The third-order valence-corrected chi connectivity index (χ3v) is 2.65. The van der Waals surface area contributed by atoms with Gasteiger partial charge in [-0.1, -0.05) is 25.5 Å². The first-order valence-corrected chi connectivity index (χ1v) is 4.67. The van der Waals surface area contributed by atoms with Crippen LogP contribution in [-0.2, 0) is 0 Å². The molecule has 1 aliphatic rings. The molecule has 0 N–H and O–H groups in total. The monoisotopic (exact) mass is 174 g/mol. The largest absolute Gasteiger partial charge is 0.198 e. The highest BCUT2D eigenvalue weighted by molar-refractivity contribution is 5.17. The van der Waals surface area contributed by atoms with Gasteiger partial charge < -0.3 is 0 Å². The predicted molar refractivity (Wildman–Crippen MR) is 50.4 cm³/mol. The lowest BCUT2D eigenvalue weighted by Gasteiger charge is -2.23. The van der Waals surface area contributed by atoms with Crippen LogP contribution in [0.15, 0.2) is 11.6 Å². The second-order valence-electron chi connectivity index (χ2n) is 3.84. The molecule has 0 aliphatic heterocycles. The van der Waals surface area contributed by atoms with Gasteiger partial charge in [0.05, 0.1) is 24.0 Å². The Morgan fingerprint density at radius 2 is 1.92 bits per heavy atom. The van der Waals surface area contributed by atoms with Crippen LogP contribution < -0.4 is 0 Å². The smallest absolute Gasteiger partial charge is 0.0673 e. The average Bonchev–Trinajstić information content (AvgIpc) is 2.16. The quantitative estimate of drug-likeness (QED) is 0.574. The van der Waals surface area contributed by atoms with E-state index in [4.69, 9.17) is 10.5 Å². The molecule has 0 aromatic carbocycles. The Bertz CT molecular complexity index is 288. The zero-order chi connectivity index (χ0) is 9.84. The first-order valence-electron chi connectivity index (χ1n) is 4.67. The lowest BCUT2D eigenvalue weighted by molar-refractivity contribution is 0.449. The van der Waals surface area contributed by atoms with Crippen LogP contribution >= 0.6 is 0 Å². The van der Waals surface area contributed by atoms with Gasteiger partial charge in [-0.15, -0.1) is 0 Å². The lowest BCUT2D eigenvalue weighted by atomic mass is 9.78. The van der Waals surface area contributed by atoms with E-state index >= 15 is 0 Å². The first-order chi connectivity index (χ1) is 6.19. The zero-order valence-electron chi connectivity index (χ0n) is 8.12. The van der Waals surface area contributed by atoms with Gasteiger partial charge >= 0.3 is 0 Å². The van der Waals surface area contributed by atoms with E-state index in [1.807, 2.05) is 0 Å². The molecule has 0 saturated carbocycles. The summed E-state index contributed by atoms with van der Waals surface area (Å²) in [6.45, 7) is 4.26. The van der Waals surface area contributed by atoms with Crippen LogP contribution in [0.3, 0.4) is 0 Å². The minimum absolute atomic E-state index is 0.0903. The molecule has 0 unspecified atom stereocenters. The summed E-state index contributed by atoms with van der Waals surface area (Å²) < 4.78 is 0. The summed E-state index contributed by atoms with van der Waals surface area (Å²) >= 11 is 0. The van der Waals surface area contributed by atoms with Crippen molar-refractivity contribution in [3.05, 3.63) is 11.6 Å². The SMILES string of the molecule is CC(C)C1=CC[C@@H](C#N)[C@@H](C#N)C1. The normalized spacial score (nSPS) is 27.6. The van der Waals surface area contributed by atoms with Crippen LogP contribution in [0.5, 0.6) is 0 Å². The van der Waals surface area contributed by atoms with Crippen LogP contribution in [0.25, 0.3) is 0 Å². The van der Waals surface area contributed by atoms with Gasteiger partial charge in [0.15, 0.2) is 0 Å². The van der Waals surface area contributed by atoms with Gasteiger partial charge in [0, 0.05) is 0 Å². The molecule has 0 aromatic heterocycles. The van der Waals surface area contributed by atoms with Crippen molar-refractivity contribution in [1.82, 2.24) is 0 Å². The summed E-state index contributed by atoms with van der Waals surface area (Å²) in [6, 6.07) is 4.42. The van der Waals surface area contributed by atoms with Gasteiger partial charge in [-0.2, -0.15) is 10.5 Å². The predicted octanol–water partition coefficient (Wildman–Crippen LogP) is 2.64. The lowest BCUT2D eigenvalue weighted by Crippen LogP contribution is -2.17. The number of hydrogen-bond donors (Lipinski definition) is 0. The van der Waals surface area contributed by atoms with Gasteiger partial charge in [-0.3, -0.25) is 0 Å². The van der Waals surface area contributed by atoms with E-state index in [-0.39, 0.29) is 11.8 Å². The van der Waals surface area contributed by atoms with Crippen LogP contribution in [0.1, 0.15) is 26.7 Å². The van der Waals surface area contributed by atoms with Crippen molar-refractivity contribution in [3.63, 3.8) is 0 Å². The standard InChI is InChI=1S/C11H14N2/c1-8(2)9-3-4-10(6-12)11(5-9)7-13/h3,8,10-11H,4-5H2,1-2H3/t10-,11+/m0/s1. The molecule has 0 bridgehead atoms. The van der Waals surface area contributed by atoms with Crippen LogP contribution in [0, 0.1) is 40.4 Å². The highest BCUT2D eigenvalue weighted by Crippen LogP contribution is 2.32. The Kier molecular flexibility index (Phi) is 3.09. The van der Waals surface area contributed by atoms with Crippen molar-refractivity contribution < 1.29 is 0 Å². The molecule has 0 heterocycles. The number of allylic oxidation sites excluding steroid dienone is 2. The maximum absolute atomic E-state index is 8.86. The second-order valence-corrected chi connectivity index (χ2v) is 3.84. The minimum Gasteiger partial charge on any atom is -0.198 e. The Labute approximate surface area is 79.5 Å². The fourth-order valence-corrected chi connectivity index (χ4v) is 1.67. The number of nitrogens with zero attached hydrogens (tertiary/aromatic N) is 2. The topological polar surface area (TPSA) is 47.6 Å². The molecule has 1 rings (SSSR count). The van der Waals surface area contributed by atoms with E-state index in [0.717, 1.165) is 12.8 Å². The Morgan fingerprint density at radius 3 is 2.38 bits per heavy atom. The van der Waals surface area contributed by atoms with Crippen molar-refractivity contribution in [2.75, 3.05) is 0 Å². The van der Waals surface area contributed by atoms with Crippen molar-refractivity contribution in [3.8, 4) is 12.1 Å². The zero-order valence-corrected chi connectivity index (χ0v) is 8.12. The molecule has 68 valence electrons. The third kappa shape index (κ3) is 2.10. The molecule has 2 atom stereocenters. The highest BCUT2D eigenvalue weighted by Gasteiger charge is 2.26. The van der Waals surface area contributed by atoms with Crippen LogP contribution in [-0.4, -0.2) is 0 Å². The fourth-order valence-electron chi connectivity index (χ4n) is 1.67. The first kappa shape index (κ1) is 9.81. The van der Waals surface area contributed by atoms with Gasteiger partial charge in [-0.05, 0) is 18.8 Å². The van der Waals surface area contributed by atoms with E-state index < -0.39 is 0 Å². The molecule has 0 aromatic rings. The molecule has 2 nitrogen and oxygen atoms in total. The molecule has 13 heavy (non-hydrogen) atoms. The molecule has 0 amide bonds. The molecule has 0 saturated heterocycles. The van der Waals surface area contributed by atoms with Gasteiger partial charge in [0.2, 0.25) is 0 Å². The van der Waals surface area contributed by atoms with E-state index in [2.05, 4.69) is 32.1 Å². The molecule has 0 spiro atoms. The summed E-state index contributed by atoms with van der Waals surface area (Å²) in [7, 11) is 0. The highest BCUT2D eigenvalue weighted by atomic mass is 14.4. The van der Waals surface area contributed by atoms with Crippen molar-refractivity contribution in [2.45, 2.75) is 26.7 Å². The van der Waals surface area contributed by atoms with Crippen LogP contribution in [0.2, 0.25) is 0 Å². The summed E-state index contributed by atoms with van der Waals surface area (Å²) in [4.78, 5) is 0. The number of hydrogen-bond acceptors (Lipinski definition) is 2. The van der Waals surface area contributed by atoms with Gasteiger partial charge in [0.1, 0.15) is 0 Å². The van der Waals surface area contributed by atoms with Crippen LogP contribution in [0.4, 0.5) is 0 Å². The second kappa shape index (κ2) is 4.10. The molecular formula is C11H14N2. The fraction of sp³-hybridized carbons (Fsp3) is 0.636. The third-order valence-electron chi connectivity index (χ3n) is 2.65. The molecule has 0 radical (unpaired) electrons. The average molecular weight is 174 g/mol. The summed E-state index contributed by atoms with van der Waals surface area (Å²) in [5.74, 6) is 0.329. The van der Waals surface area contributed by atoms with E-state index in [1.165, 1.54) is 5.57 Å². The van der Waals surface area contributed by atoms with Gasteiger partial charge in [-0.25, -0.2) is 0 Å². The summed E-state index contributed by atoms with van der Waals surface area (Å²) in [5.41, 5.74) is 1.33. The van der Waals surface area contributed by atoms with Gasteiger partial charge in [0.25, 0.3) is 0 Å². The number of rotatable bonds is 1. The Hall–Kier alpha value is -1.28. The van der Waals surface area contributed by atoms with Crippen molar-refractivity contribution in [1.29, 1.82) is 10.5 Å². The van der Waals surface area contributed by atoms with E-state index in [0.29, 0.717) is 5.92 Å². The van der Waals surface area contributed by atoms with E-state index in [1.54, 1.807) is 0 Å². The summed E-state index contributed by atoms with van der Waals surface area (Å²) in [5, 5.41) is 17.7. The molecular weight excluding hydrogens is 160 g/mol. The Morgan fingerprint density at radius 1 is 1.31 bits per heavy atom. The van der Waals surface area contributed by atoms with E-state index in [9.17, 15) is 0 Å². The van der Waals surface area contributed by atoms with Crippen molar-refractivity contribution in [2.24, 2.45) is 17.8 Å². The summed E-state index contributed by atoms with van der Waals surface area (Å²) in [6.07, 6.45) is 3.67. The molecule has 2 heteroatoms. The number of nitriles is 2. The molecule has 1 aliphatic carbocycles. The maximum Gasteiger partial charge on any atom is 0.0673 e. The van der Waals surface area contributed by atoms with Crippen molar-refractivity contribution >= 4 is 0 Å². The maximum atomic E-state index is 8.86.